The molecule has 2 aromatic rings. The SMILES string of the molecule is CCCc1cc(Cl)nc(-c2ccco2)n1. The van der Waals surface area contributed by atoms with Gasteiger partial charge in [0.2, 0.25) is 0 Å². The molecule has 0 aliphatic carbocycles. The molecule has 0 aliphatic rings. The van der Waals surface area contributed by atoms with Gasteiger partial charge in [0.1, 0.15) is 5.15 Å². The van der Waals surface area contributed by atoms with Crippen LogP contribution in [-0.4, -0.2) is 9.97 Å². The minimum absolute atomic E-state index is 0.458. The van der Waals surface area contributed by atoms with Crippen molar-refractivity contribution in [1.82, 2.24) is 9.97 Å². The molecule has 2 rings (SSSR count). The number of aryl methyl sites for hydroxylation is 1. The van der Waals surface area contributed by atoms with Gasteiger partial charge < -0.3 is 4.42 Å². The van der Waals surface area contributed by atoms with Crippen molar-refractivity contribution in [3.8, 4) is 11.6 Å². The van der Waals surface area contributed by atoms with Crippen LogP contribution in [-0.2, 0) is 6.42 Å². The Hall–Kier alpha value is -1.35. The molecule has 0 fully saturated rings. The number of aromatic nitrogens is 2. The second-order valence-electron chi connectivity index (χ2n) is 3.23. The molecule has 15 heavy (non-hydrogen) atoms. The summed E-state index contributed by atoms with van der Waals surface area (Å²) in [4.78, 5) is 8.50. The first-order valence-corrected chi connectivity index (χ1v) is 5.24. The van der Waals surface area contributed by atoms with E-state index >= 15 is 0 Å². The van der Waals surface area contributed by atoms with Crippen LogP contribution in [0.1, 0.15) is 19.0 Å². The summed E-state index contributed by atoms with van der Waals surface area (Å²) >= 11 is 5.91. The zero-order valence-electron chi connectivity index (χ0n) is 8.40. The Morgan fingerprint density at radius 3 is 2.93 bits per heavy atom. The molecule has 0 aromatic carbocycles. The Balaban J connectivity index is 2.40. The van der Waals surface area contributed by atoms with Crippen molar-refractivity contribution in [1.29, 1.82) is 0 Å². The second kappa shape index (κ2) is 4.45. The fourth-order valence-corrected chi connectivity index (χ4v) is 1.57. The number of halogens is 1. The van der Waals surface area contributed by atoms with E-state index in [-0.39, 0.29) is 0 Å². The lowest BCUT2D eigenvalue weighted by Gasteiger charge is -2.01. The Labute approximate surface area is 93.1 Å². The monoisotopic (exact) mass is 222 g/mol. The summed E-state index contributed by atoms with van der Waals surface area (Å²) < 4.78 is 5.22. The first-order valence-electron chi connectivity index (χ1n) is 4.87. The van der Waals surface area contributed by atoms with E-state index < -0.39 is 0 Å². The molecule has 0 spiro atoms. The van der Waals surface area contributed by atoms with E-state index in [1.807, 2.05) is 6.07 Å². The predicted octanol–water partition coefficient (Wildman–Crippen LogP) is 3.34. The molecular formula is C11H11ClN2O. The molecule has 0 bridgehead atoms. The van der Waals surface area contributed by atoms with Gasteiger partial charge in [0, 0.05) is 5.69 Å². The van der Waals surface area contributed by atoms with Gasteiger partial charge in [0.15, 0.2) is 11.6 Å². The highest BCUT2D eigenvalue weighted by atomic mass is 35.5. The second-order valence-corrected chi connectivity index (χ2v) is 3.62. The van der Waals surface area contributed by atoms with Crippen LogP contribution in [0.25, 0.3) is 11.6 Å². The molecule has 4 heteroatoms. The summed E-state index contributed by atoms with van der Waals surface area (Å²) in [5, 5.41) is 0.458. The summed E-state index contributed by atoms with van der Waals surface area (Å²) in [6.45, 7) is 2.10. The summed E-state index contributed by atoms with van der Waals surface area (Å²) in [7, 11) is 0. The normalized spacial score (nSPS) is 10.5. The fraction of sp³-hybridized carbons (Fsp3) is 0.273. The van der Waals surface area contributed by atoms with Gasteiger partial charge in [-0.25, -0.2) is 9.97 Å². The average molecular weight is 223 g/mol. The van der Waals surface area contributed by atoms with Crippen LogP contribution >= 0.6 is 11.6 Å². The van der Waals surface area contributed by atoms with Crippen molar-refractivity contribution in [2.24, 2.45) is 0 Å². The van der Waals surface area contributed by atoms with Crippen molar-refractivity contribution in [3.05, 3.63) is 35.3 Å². The molecule has 0 aliphatic heterocycles. The highest BCUT2D eigenvalue weighted by Crippen LogP contribution is 2.18. The van der Waals surface area contributed by atoms with E-state index in [4.69, 9.17) is 16.0 Å². The van der Waals surface area contributed by atoms with Crippen LogP contribution in [0, 0.1) is 0 Å². The van der Waals surface area contributed by atoms with E-state index in [0.29, 0.717) is 16.7 Å². The summed E-state index contributed by atoms with van der Waals surface area (Å²) in [5.74, 6) is 1.20. The maximum absolute atomic E-state index is 5.91. The Bertz CT molecular complexity index is 440. The molecular weight excluding hydrogens is 212 g/mol. The minimum Gasteiger partial charge on any atom is -0.461 e. The third kappa shape index (κ3) is 2.36. The van der Waals surface area contributed by atoms with E-state index in [2.05, 4.69) is 16.9 Å². The van der Waals surface area contributed by atoms with Gasteiger partial charge in [0.05, 0.1) is 6.26 Å². The van der Waals surface area contributed by atoms with Crippen LogP contribution in [0.4, 0.5) is 0 Å². The fourth-order valence-electron chi connectivity index (χ4n) is 1.36. The standard InChI is InChI=1S/C11H11ClN2O/c1-2-4-8-7-10(12)14-11(13-8)9-5-3-6-15-9/h3,5-7H,2,4H2,1H3. The molecule has 0 atom stereocenters. The van der Waals surface area contributed by atoms with E-state index in [9.17, 15) is 0 Å². The van der Waals surface area contributed by atoms with Crippen molar-refractivity contribution >= 4 is 11.6 Å². The number of hydrogen-bond donors (Lipinski definition) is 0. The first kappa shape index (κ1) is 10.2. The Morgan fingerprint density at radius 2 is 2.27 bits per heavy atom. The van der Waals surface area contributed by atoms with Crippen molar-refractivity contribution in [3.63, 3.8) is 0 Å². The van der Waals surface area contributed by atoms with E-state index in [1.54, 1.807) is 18.4 Å². The summed E-state index contributed by atoms with van der Waals surface area (Å²) in [6, 6.07) is 5.41. The molecule has 0 N–H and O–H groups in total. The maximum Gasteiger partial charge on any atom is 0.197 e. The van der Waals surface area contributed by atoms with Crippen molar-refractivity contribution < 1.29 is 4.42 Å². The van der Waals surface area contributed by atoms with Crippen molar-refractivity contribution in [2.45, 2.75) is 19.8 Å². The van der Waals surface area contributed by atoms with Gasteiger partial charge in [-0.05, 0) is 24.6 Å². The molecule has 78 valence electrons. The van der Waals surface area contributed by atoms with Gasteiger partial charge in [-0.3, -0.25) is 0 Å². The largest absolute Gasteiger partial charge is 0.461 e. The number of furan rings is 1. The Kier molecular flexibility index (Phi) is 3.02. The number of nitrogens with zero attached hydrogens (tertiary/aromatic N) is 2. The zero-order chi connectivity index (χ0) is 10.7. The summed E-state index contributed by atoms with van der Waals surface area (Å²) in [6.07, 6.45) is 3.53. The highest BCUT2D eigenvalue weighted by Gasteiger charge is 2.07. The lowest BCUT2D eigenvalue weighted by atomic mass is 10.2. The lowest BCUT2D eigenvalue weighted by molar-refractivity contribution is 0.576. The quantitative estimate of drug-likeness (QED) is 0.748. The smallest absolute Gasteiger partial charge is 0.197 e. The first-order chi connectivity index (χ1) is 7.29. The number of hydrogen-bond acceptors (Lipinski definition) is 3. The molecule has 0 saturated heterocycles. The third-order valence-corrected chi connectivity index (χ3v) is 2.19. The van der Waals surface area contributed by atoms with Crippen LogP contribution in [0.2, 0.25) is 5.15 Å². The zero-order valence-corrected chi connectivity index (χ0v) is 9.16. The van der Waals surface area contributed by atoms with Gasteiger partial charge in [-0.15, -0.1) is 0 Å². The van der Waals surface area contributed by atoms with Gasteiger partial charge in [0.25, 0.3) is 0 Å². The van der Waals surface area contributed by atoms with Gasteiger partial charge in [-0.1, -0.05) is 24.9 Å². The highest BCUT2D eigenvalue weighted by molar-refractivity contribution is 6.29. The Morgan fingerprint density at radius 1 is 1.40 bits per heavy atom. The molecule has 0 saturated carbocycles. The summed E-state index contributed by atoms with van der Waals surface area (Å²) in [5.41, 5.74) is 0.948. The molecule has 0 radical (unpaired) electrons. The van der Waals surface area contributed by atoms with Crippen LogP contribution in [0.15, 0.2) is 28.9 Å². The van der Waals surface area contributed by atoms with Crippen LogP contribution in [0.5, 0.6) is 0 Å². The molecule has 2 aromatic heterocycles. The maximum atomic E-state index is 5.91. The number of rotatable bonds is 3. The van der Waals surface area contributed by atoms with E-state index in [1.165, 1.54) is 0 Å². The molecule has 2 heterocycles. The van der Waals surface area contributed by atoms with Gasteiger partial charge in [-0.2, -0.15) is 0 Å². The average Bonchev–Trinajstić information content (AvgIpc) is 2.70. The van der Waals surface area contributed by atoms with Crippen LogP contribution < -0.4 is 0 Å². The predicted molar refractivity (Wildman–Crippen MR) is 58.7 cm³/mol. The minimum atomic E-state index is 0.458. The van der Waals surface area contributed by atoms with Gasteiger partial charge >= 0.3 is 0 Å². The molecule has 0 unspecified atom stereocenters. The topological polar surface area (TPSA) is 38.9 Å². The molecule has 0 amide bonds. The van der Waals surface area contributed by atoms with E-state index in [0.717, 1.165) is 18.5 Å². The van der Waals surface area contributed by atoms with Crippen LogP contribution in [0.3, 0.4) is 0 Å². The lowest BCUT2D eigenvalue weighted by Crippen LogP contribution is -1.95. The van der Waals surface area contributed by atoms with Crippen molar-refractivity contribution in [2.75, 3.05) is 0 Å². The third-order valence-electron chi connectivity index (χ3n) is 2.00. The molecule has 3 nitrogen and oxygen atoms in total.